The maximum Gasteiger partial charge on any atom is 0.407 e. The number of nitrogens with zero attached hydrogens (tertiary/aromatic N) is 2. The van der Waals surface area contributed by atoms with E-state index < -0.39 is 11.7 Å². The van der Waals surface area contributed by atoms with Crippen LogP contribution in [0.5, 0.6) is 0 Å². The summed E-state index contributed by atoms with van der Waals surface area (Å²) in [6.07, 6.45) is 1.41. The highest BCUT2D eigenvalue weighted by molar-refractivity contribution is 5.94. The Bertz CT molecular complexity index is 1390. The number of amides is 2. The van der Waals surface area contributed by atoms with Gasteiger partial charge < -0.3 is 20.1 Å². The third-order valence-electron chi connectivity index (χ3n) is 5.85. The highest BCUT2D eigenvalue weighted by Crippen LogP contribution is 2.09. The predicted octanol–water partition coefficient (Wildman–Crippen LogP) is 4.74. The number of carbonyl (C=O) groups excluding carboxylic acids is 3. The summed E-state index contributed by atoms with van der Waals surface area (Å²) >= 11 is 0. The zero-order valence-corrected chi connectivity index (χ0v) is 26.1. The van der Waals surface area contributed by atoms with Crippen LogP contribution in [0.4, 0.5) is 4.79 Å². The van der Waals surface area contributed by atoms with Crippen molar-refractivity contribution < 1.29 is 23.9 Å². The van der Waals surface area contributed by atoms with Crippen LogP contribution in [0.2, 0.25) is 0 Å². The second-order valence-corrected chi connectivity index (χ2v) is 11.0. The lowest BCUT2D eigenvalue weighted by atomic mass is 10.1. The number of nitrogens with one attached hydrogen (secondary N) is 2. The van der Waals surface area contributed by atoms with E-state index in [4.69, 9.17) is 9.47 Å². The molecule has 0 radical (unpaired) electrons. The van der Waals surface area contributed by atoms with Crippen molar-refractivity contribution in [1.29, 1.82) is 0 Å². The van der Waals surface area contributed by atoms with Crippen LogP contribution in [0.15, 0.2) is 65.5 Å². The first-order valence-corrected chi connectivity index (χ1v) is 14.5. The molecule has 0 saturated carbocycles. The summed E-state index contributed by atoms with van der Waals surface area (Å²) in [6, 6.07) is 18.2. The maximum absolute atomic E-state index is 11.9. The minimum absolute atomic E-state index is 0.0694. The van der Waals surface area contributed by atoms with Crippen molar-refractivity contribution in [3.8, 4) is 0 Å². The Morgan fingerprint density at radius 2 is 1.53 bits per heavy atom. The molecule has 232 valence electrons. The molecule has 2 amide bonds. The van der Waals surface area contributed by atoms with Gasteiger partial charge in [-0.1, -0.05) is 42.0 Å². The molecule has 3 aromatic rings. The van der Waals surface area contributed by atoms with Crippen LogP contribution in [0.25, 0.3) is 0 Å². The van der Waals surface area contributed by atoms with E-state index in [9.17, 15) is 19.2 Å². The smallest absolute Gasteiger partial charge is 0.407 e. The Morgan fingerprint density at radius 1 is 0.884 bits per heavy atom. The fourth-order valence-electron chi connectivity index (χ4n) is 3.82. The quantitative estimate of drug-likeness (QED) is 0.243. The number of esters is 1. The average Bonchev–Trinajstić information content (AvgIpc) is 2.92. The van der Waals surface area contributed by atoms with E-state index in [1.807, 2.05) is 83.1 Å². The van der Waals surface area contributed by atoms with Crippen molar-refractivity contribution in [2.24, 2.45) is 0 Å². The van der Waals surface area contributed by atoms with Crippen LogP contribution in [-0.4, -0.2) is 53.0 Å². The molecular weight excluding hydrogens is 548 g/mol. The second-order valence-electron chi connectivity index (χ2n) is 11.0. The predicted molar refractivity (Wildman–Crippen MR) is 166 cm³/mol. The van der Waals surface area contributed by atoms with E-state index in [1.165, 1.54) is 10.7 Å². The van der Waals surface area contributed by atoms with Crippen molar-refractivity contribution in [2.45, 2.75) is 73.0 Å². The van der Waals surface area contributed by atoms with Gasteiger partial charge in [-0.3, -0.25) is 14.4 Å². The van der Waals surface area contributed by atoms with Gasteiger partial charge in [0.2, 0.25) is 0 Å². The summed E-state index contributed by atoms with van der Waals surface area (Å²) in [7, 11) is 0. The molecule has 2 N–H and O–H groups in total. The van der Waals surface area contributed by atoms with Crippen LogP contribution in [-0.2, 0) is 27.2 Å². The number of rotatable bonds is 11. The molecule has 0 aliphatic rings. The molecule has 10 nitrogen and oxygen atoms in total. The molecule has 0 fully saturated rings. The highest BCUT2D eigenvalue weighted by Gasteiger charge is 2.15. The number of alkyl carbamates (subject to hydrolysis) is 1. The van der Waals surface area contributed by atoms with Crippen molar-refractivity contribution in [1.82, 2.24) is 20.4 Å². The van der Waals surface area contributed by atoms with Crippen molar-refractivity contribution in [3.05, 3.63) is 99.0 Å². The molecule has 3 rings (SSSR count). The molecular formula is C33H44N4O6. The number of unbranched alkanes of at least 4 members (excludes halogenated alkanes) is 1. The molecule has 1 heterocycles. The lowest BCUT2D eigenvalue weighted by Crippen LogP contribution is -2.33. The largest absolute Gasteiger partial charge is 0.466 e. The molecule has 1 aromatic heterocycles. The zero-order valence-electron chi connectivity index (χ0n) is 26.1. The third-order valence-corrected chi connectivity index (χ3v) is 5.85. The first kappa shape index (κ1) is 34.7. The standard InChI is InChI=1S/C17H26N2O3.C16H18N2O3/c1-13-7-9-14(10-8-13)15(20)18-11-5-6-12-19-16(21)22-17(2,3)4;1-3-21-16(20)10-13-5-4-6-14(9-13)11-18-15(19)8-7-12(2)17-18/h7-10H,5-6,11-12H2,1-4H3,(H,18,20)(H,19,21);4-9H,3,10-11H2,1-2H3. The maximum atomic E-state index is 11.9. The summed E-state index contributed by atoms with van der Waals surface area (Å²) in [6.45, 7) is 13.0. The number of hydrogen-bond acceptors (Lipinski definition) is 7. The van der Waals surface area contributed by atoms with Gasteiger partial charge in [0.25, 0.3) is 11.5 Å². The van der Waals surface area contributed by atoms with E-state index in [0.717, 1.165) is 35.2 Å². The molecule has 2 aromatic carbocycles. The second kappa shape index (κ2) is 17.5. The first-order valence-electron chi connectivity index (χ1n) is 14.5. The number of carbonyl (C=O) groups is 3. The summed E-state index contributed by atoms with van der Waals surface area (Å²) in [5.41, 5.74) is 3.76. The zero-order chi connectivity index (χ0) is 31.8. The van der Waals surface area contributed by atoms with Gasteiger partial charge in [-0.25, -0.2) is 9.48 Å². The van der Waals surface area contributed by atoms with Gasteiger partial charge in [0.1, 0.15) is 5.60 Å². The summed E-state index contributed by atoms with van der Waals surface area (Å²) in [4.78, 5) is 46.5. The summed E-state index contributed by atoms with van der Waals surface area (Å²) in [5, 5.41) is 9.75. The minimum Gasteiger partial charge on any atom is -0.466 e. The molecule has 0 unspecified atom stereocenters. The van der Waals surface area contributed by atoms with E-state index in [0.29, 0.717) is 31.8 Å². The molecule has 0 bridgehead atoms. The van der Waals surface area contributed by atoms with Crippen LogP contribution >= 0.6 is 0 Å². The molecule has 0 saturated heterocycles. The van der Waals surface area contributed by atoms with E-state index in [2.05, 4.69) is 15.7 Å². The van der Waals surface area contributed by atoms with Crippen molar-refractivity contribution in [3.63, 3.8) is 0 Å². The summed E-state index contributed by atoms with van der Waals surface area (Å²) in [5.74, 6) is -0.319. The first-order chi connectivity index (χ1) is 20.4. The lowest BCUT2D eigenvalue weighted by Gasteiger charge is -2.19. The topological polar surface area (TPSA) is 129 Å². The Morgan fingerprint density at radius 3 is 2.19 bits per heavy atom. The fraction of sp³-hybridized carbons (Fsp3) is 0.424. The van der Waals surface area contributed by atoms with Gasteiger partial charge in [0.05, 0.1) is 25.3 Å². The highest BCUT2D eigenvalue weighted by atomic mass is 16.6. The summed E-state index contributed by atoms with van der Waals surface area (Å²) < 4.78 is 11.5. The van der Waals surface area contributed by atoms with Crippen molar-refractivity contribution >= 4 is 18.0 Å². The van der Waals surface area contributed by atoms with E-state index in [-0.39, 0.29) is 23.9 Å². The minimum atomic E-state index is -0.480. The molecule has 0 aliphatic heterocycles. The van der Waals surface area contributed by atoms with Gasteiger partial charge in [-0.05, 0) is 83.7 Å². The van der Waals surface area contributed by atoms with Crippen LogP contribution < -0.4 is 16.2 Å². The number of aryl methyl sites for hydroxylation is 2. The van der Waals surface area contributed by atoms with Gasteiger partial charge in [0, 0.05) is 24.7 Å². The Labute approximate surface area is 253 Å². The van der Waals surface area contributed by atoms with Gasteiger partial charge >= 0.3 is 12.1 Å². The number of ether oxygens (including phenoxy) is 2. The number of hydrogen-bond donors (Lipinski definition) is 2. The molecule has 10 heteroatoms. The monoisotopic (exact) mass is 592 g/mol. The molecule has 43 heavy (non-hydrogen) atoms. The fourth-order valence-corrected chi connectivity index (χ4v) is 3.82. The van der Waals surface area contributed by atoms with Crippen molar-refractivity contribution in [2.75, 3.05) is 19.7 Å². The van der Waals surface area contributed by atoms with Crippen LogP contribution in [0, 0.1) is 13.8 Å². The Kier molecular flexibility index (Phi) is 14.1. The normalized spacial score (nSPS) is 10.7. The number of aromatic nitrogens is 2. The Balaban J connectivity index is 0.000000300. The third kappa shape index (κ3) is 14.3. The molecule has 0 aliphatic carbocycles. The van der Waals surface area contributed by atoms with E-state index in [1.54, 1.807) is 13.0 Å². The Hall–Kier alpha value is -4.47. The van der Waals surface area contributed by atoms with Gasteiger partial charge in [-0.15, -0.1) is 0 Å². The lowest BCUT2D eigenvalue weighted by molar-refractivity contribution is -0.142. The molecule has 0 spiro atoms. The number of benzene rings is 2. The van der Waals surface area contributed by atoms with E-state index >= 15 is 0 Å². The molecule has 0 atom stereocenters. The van der Waals surface area contributed by atoms with Gasteiger partial charge in [-0.2, -0.15) is 5.10 Å². The van der Waals surface area contributed by atoms with Crippen LogP contribution in [0.3, 0.4) is 0 Å². The average molecular weight is 593 g/mol. The SMILES string of the molecule is CCOC(=O)Cc1cccc(Cn2nc(C)ccc2=O)c1.Cc1ccc(C(=O)NCCCCNC(=O)OC(C)(C)C)cc1. The van der Waals surface area contributed by atoms with Crippen LogP contribution in [0.1, 0.15) is 73.3 Å². The van der Waals surface area contributed by atoms with Gasteiger partial charge in [0.15, 0.2) is 0 Å².